The lowest BCUT2D eigenvalue weighted by Crippen LogP contribution is -2.08. The van der Waals surface area contributed by atoms with Crippen molar-refractivity contribution in [3.8, 4) is 11.5 Å². The predicted octanol–water partition coefficient (Wildman–Crippen LogP) is 4.08. The maximum atomic E-state index is 12.5. The van der Waals surface area contributed by atoms with Gasteiger partial charge in [0.15, 0.2) is 5.78 Å². The van der Waals surface area contributed by atoms with Crippen molar-refractivity contribution in [3.63, 3.8) is 0 Å². The van der Waals surface area contributed by atoms with E-state index < -0.39 is 0 Å². The Balaban J connectivity index is 1.43. The fourth-order valence-electron chi connectivity index (χ4n) is 2.88. The quantitative estimate of drug-likeness (QED) is 0.531. The van der Waals surface area contributed by atoms with Crippen molar-refractivity contribution in [3.05, 3.63) is 59.2 Å². The van der Waals surface area contributed by atoms with E-state index in [9.17, 15) is 9.59 Å². The van der Waals surface area contributed by atoms with Crippen LogP contribution in [-0.4, -0.2) is 27.6 Å². The summed E-state index contributed by atoms with van der Waals surface area (Å²) in [6.07, 6.45) is 0. The molecule has 0 spiro atoms. The van der Waals surface area contributed by atoms with Crippen LogP contribution in [0.5, 0.6) is 0 Å². The van der Waals surface area contributed by atoms with Crippen LogP contribution >= 0.6 is 11.8 Å². The second-order valence-corrected chi connectivity index (χ2v) is 7.39. The van der Waals surface area contributed by atoms with Crippen molar-refractivity contribution < 1.29 is 14.0 Å². The van der Waals surface area contributed by atoms with Crippen LogP contribution in [0.1, 0.15) is 34.3 Å². The van der Waals surface area contributed by atoms with E-state index >= 15 is 0 Å². The Labute approximate surface area is 160 Å². The molecule has 27 heavy (non-hydrogen) atoms. The normalized spacial score (nSPS) is 15.5. The highest BCUT2D eigenvalue weighted by molar-refractivity contribution is 7.99. The summed E-state index contributed by atoms with van der Waals surface area (Å²) in [7, 11) is 0. The summed E-state index contributed by atoms with van der Waals surface area (Å²) in [6, 6.07) is 13.1. The van der Waals surface area contributed by atoms with Crippen molar-refractivity contribution >= 4 is 29.1 Å². The number of Topliss-reactive ketones (excluding diaryl/α,β-unsaturated/α-hetero) is 1. The first-order valence-electron chi connectivity index (χ1n) is 8.52. The zero-order chi connectivity index (χ0) is 19.0. The predicted molar refractivity (Wildman–Crippen MR) is 103 cm³/mol. The minimum atomic E-state index is -0.242. The Morgan fingerprint density at radius 3 is 2.74 bits per heavy atom. The zero-order valence-corrected chi connectivity index (χ0v) is 15.7. The lowest BCUT2D eigenvalue weighted by molar-refractivity contribution is -0.116. The molecule has 0 saturated heterocycles. The molecule has 0 fully saturated rings. The molecule has 1 aliphatic rings. The number of carbonyl (C=O) groups excluding carboxylic acids is 2. The van der Waals surface area contributed by atoms with Gasteiger partial charge in [0.2, 0.25) is 11.8 Å². The molecule has 0 aliphatic carbocycles. The Morgan fingerprint density at radius 1 is 1.19 bits per heavy atom. The minimum Gasteiger partial charge on any atom is -0.411 e. The number of thioether (sulfide) groups is 1. The molecule has 6 nitrogen and oxygen atoms in total. The van der Waals surface area contributed by atoms with E-state index in [1.807, 2.05) is 38.1 Å². The number of nitrogens with zero attached hydrogens (tertiary/aromatic N) is 2. The van der Waals surface area contributed by atoms with Crippen molar-refractivity contribution in [1.29, 1.82) is 0 Å². The Kier molecular flexibility index (Phi) is 4.53. The number of nitrogens with one attached hydrogen (secondary N) is 1. The molecule has 0 saturated carbocycles. The van der Waals surface area contributed by atoms with Gasteiger partial charge >= 0.3 is 0 Å². The molecule has 1 aliphatic heterocycles. The highest BCUT2D eigenvalue weighted by atomic mass is 32.2. The molecule has 1 aromatic heterocycles. The van der Waals surface area contributed by atoms with Gasteiger partial charge in [-0.2, -0.15) is 0 Å². The molecular weight excluding hydrogens is 362 g/mol. The van der Waals surface area contributed by atoms with Crippen LogP contribution in [-0.2, 0) is 4.79 Å². The van der Waals surface area contributed by atoms with E-state index in [0.717, 1.165) is 22.4 Å². The summed E-state index contributed by atoms with van der Waals surface area (Å²) in [6.45, 7) is 3.84. The van der Waals surface area contributed by atoms with Gasteiger partial charge in [0.1, 0.15) is 0 Å². The largest absolute Gasteiger partial charge is 0.411 e. The molecular formula is C20H17N3O3S. The second-order valence-electron chi connectivity index (χ2n) is 6.46. The van der Waals surface area contributed by atoms with Crippen LogP contribution in [0.3, 0.4) is 0 Å². The van der Waals surface area contributed by atoms with Crippen LogP contribution in [0, 0.1) is 6.92 Å². The lowest BCUT2D eigenvalue weighted by Gasteiger charge is -2.04. The number of fused-ring (bicyclic) bond motifs is 1. The zero-order valence-electron chi connectivity index (χ0n) is 14.9. The number of aromatic nitrogens is 2. The number of hydrogen-bond acceptors (Lipinski definition) is 6. The fourth-order valence-corrected chi connectivity index (χ4v) is 3.54. The number of benzene rings is 2. The molecule has 1 atom stereocenters. The van der Waals surface area contributed by atoms with Crippen LogP contribution in [0.15, 0.2) is 52.1 Å². The monoisotopic (exact) mass is 379 g/mol. The molecule has 1 amide bonds. The molecule has 4 rings (SSSR count). The average Bonchev–Trinajstić information content (AvgIpc) is 3.25. The SMILES string of the molecule is Cc1ccc(-c2nnc(SCC(=O)c3ccc4c(c3)[C@H](C)C(=O)N4)o2)cc1. The Hall–Kier alpha value is -2.93. The number of ketones is 1. The number of amides is 1. The summed E-state index contributed by atoms with van der Waals surface area (Å²) in [5.41, 5.74) is 4.20. The van der Waals surface area contributed by atoms with Gasteiger partial charge in [0, 0.05) is 16.8 Å². The molecule has 7 heteroatoms. The lowest BCUT2D eigenvalue weighted by atomic mass is 9.99. The van der Waals surface area contributed by atoms with Gasteiger partial charge in [0.25, 0.3) is 5.22 Å². The number of hydrogen-bond donors (Lipinski definition) is 1. The summed E-state index contributed by atoms with van der Waals surface area (Å²) >= 11 is 1.20. The molecule has 3 aromatic rings. The number of carbonyl (C=O) groups is 2. The van der Waals surface area contributed by atoms with Crippen LogP contribution < -0.4 is 5.32 Å². The first-order chi connectivity index (χ1) is 13.0. The Morgan fingerprint density at radius 2 is 1.96 bits per heavy atom. The minimum absolute atomic E-state index is 0.0431. The molecule has 0 unspecified atom stereocenters. The van der Waals surface area contributed by atoms with Crippen LogP contribution in [0.2, 0.25) is 0 Å². The summed E-state index contributed by atoms with van der Waals surface area (Å²) in [4.78, 5) is 24.2. The molecule has 0 bridgehead atoms. The topological polar surface area (TPSA) is 85.1 Å². The third-order valence-corrected chi connectivity index (χ3v) is 5.34. The average molecular weight is 379 g/mol. The molecule has 2 aromatic carbocycles. The third-order valence-electron chi connectivity index (χ3n) is 4.52. The van der Waals surface area contributed by atoms with E-state index in [-0.39, 0.29) is 23.4 Å². The first-order valence-corrected chi connectivity index (χ1v) is 9.51. The van der Waals surface area contributed by atoms with E-state index in [4.69, 9.17) is 4.42 Å². The first kappa shape index (κ1) is 17.5. The van der Waals surface area contributed by atoms with Gasteiger partial charge < -0.3 is 9.73 Å². The maximum Gasteiger partial charge on any atom is 0.277 e. The maximum absolute atomic E-state index is 12.5. The van der Waals surface area contributed by atoms with Gasteiger partial charge in [-0.05, 0) is 49.7 Å². The third kappa shape index (κ3) is 3.50. The molecule has 1 N–H and O–H groups in total. The highest BCUT2D eigenvalue weighted by Crippen LogP contribution is 2.33. The summed E-state index contributed by atoms with van der Waals surface area (Å²) < 4.78 is 5.63. The van der Waals surface area contributed by atoms with Crippen molar-refractivity contribution in [2.24, 2.45) is 0 Å². The molecule has 0 radical (unpaired) electrons. The summed E-state index contributed by atoms with van der Waals surface area (Å²) in [5, 5.41) is 11.2. The number of aryl methyl sites for hydroxylation is 1. The standard InChI is InChI=1S/C20H17N3O3S/c1-11-3-5-13(6-4-11)19-22-23-20(26-19)27-10-17(24)14-7-8-16-15(9-14)12(2)18(25)21-16/h3-9,12H,10H2,1-2H3,(H,21,25)/t12-/m0/s1. The van der Waals surface area contributed by atoms with E-state index in [1.54, 1.807) is 18.2 Å². The van der Waals surface area contributed by atoms with E-state index in [1.165, 1.54) is 11.8 Å². The van der Waals surface area contributed by atoms with Crippen molar-refractivity contribution in [1.82, 2.24) is 10.2 Å². The number of rotatable bonds is 5. The highest BCUT2D eigenvalue weighted by Gasteiger charge is 2.27. The Bertz CT molecular complexity index is 1030. The van der Waals surface area contributed by atoms with Gasteiger partial charge in [-0.1, -0.05) is 29.5 Å². The smallest absolute Gasteiger partial charge is 0.277 e. The van der Waals surface area contributed by atoms with Gasteiger partial charge in [-0.15, -0.1) is 10.2 Å². The van der Waals surface area contributed by atoms with Gasteiger partial charge in [0.05, 0.1) is 11.7 Å². The second kappa shape index (κ2) is 7.00. The van der Waals surface area contributed by atoms with Crippen molar-refractivity contribution in [2.75, 3.05) is 11.1 Å². The number of anilines is 1. The van der Waals surface area contributed by atoms with Crippen LogP contribution in [0.25, 0.3) is 11.5 Å². The van der Waals surface area contributed by atoms with E-state index in [0.29, 0.717) is 16.7 Å². The fraction of sp³-hybridized carbons (Fsp3) is 0.200. The van der Waals surface area contributed by atoms with E-state index in [2.05, 4.69) is 15.5 Å². The van der Waals surface area contributed by atoms with Crippen LogP contribution in [0.4, 0.5) is 5.69 Å². The van der Waals surface area contributed by atoms with Gasteiger partial charge in [-0.3, -0.25) is 9.59 Å². The molecule has 136 valence electrons. The molecule has 2 heterocycles. The van der Waals surface area contributed by atoms with Crippen molar-refractivity contribution in [2.45, 2.75) is 25.0 Å². The summed E-state index contributed by atoms with van der Waals surface area (Å²) in [5.74, 6) is 0.279. The van der Waals surface area contributed by atoms with Gasteiger partial charge in [-0.25, -0.2) is 0 Å².